The number of benzene rings is 1. The Morgan fingerprint density at radius 1 is 1.35 bits per heavy atom. The second-order valence-corrected chi connectivity index (χ2v) is 5.22. The van der Waals surface area contributed by atoms with Gasteiger partial charge in [0.05, 0.1) is 0 Å². The lowest BCUT2D eigenvalue weighted by molar-refractivity contribution is -0.116. The molecular formula is C15H17N3O2. The molecule has 0 spiro atoms. The van der Waals surface area contributed by atoms with E-state index >= 15 is 0 Å². The normalized spacial score (nSPS) is 18.3. The number of anilines is 1. The number of rotatable bonds is 3. The molecule has 1 aromatic heterocycles. The molecule has 1 aliphatic rings. The summed E-state index contributed by atoms with van der Waals surface area (Å²) in [6.45, 7) is 1.91. The highest BCUT2D eigenvalue weighted by atomic mass is 16.1. The fraction of sp³-hybridized carbons (Fsp3) is 0.333. The first-order chi connectivity index (χ1) is 9.72. The van der Waals surface area contributed by atoms with E-state index in [0.717, 1.165) is 30.6 Å². The first kappa shape index (κ1) is 12.9. The molecule has 3 rings (SSSR count). The Labute approximate surface area is 116 Å². The zero-order valence-electron chi connectivity index (χ0n) is 11.1. The number of hydrogen-bond acceptors (Lipinski definition) is 3. The molecular weight excluding hydrogens is 254 g/mol. The summed E-state index contributed by atoms with van der Waals surface area (Å²) in [5, 5.41) is 7.61. The molecule has 5 nitrogen and oxygen atoms in total. The SMILES string of the molecule is O=C(C[C@@H]1CCNC1)Nc1ccc2c(=O)[nH]ccc2c1. The van der Waals surface area contributed by atoms with Crippen molar-refractivity contribution < 1.29 is 4.79 Å². The van der Waals surface area contributed by atoms with E-state index in [2.05, 4.69) is 15.6 Å². The molecule has 1 saturated heterocycles. The number of H-pyrrole nitrogens is 1. The molecule has 104 valence electrons. The van der Waals surface area contributed by atoms with Gasteiger partial charge in [0.1, 0.15) is 0 Å². The summed E-state index contributed by atoms with van der Waals surface area (Å²) in [5.74, 6) is 0.459. The Bertz CT molecular complexity index is 687. The third kappa shape index (κ3) is 2.72. The van der Waals surface area contributed by atoms with Gasteiger partial charge in [0.2, 0.25) is 5.91 Å². The van der Waals surface area contributed by atoms with Crippen molar-refractivity contribution in [3.63, 3.8) is 0 Å². The summed E-state index contributed by atoms with van der Waals surface area (Å²) in [4.78, 5) is 26.2. The number of carbonyl (C=O) groups is 1. The number of pyridine rings is 1. The second-order valence-electron chi connectivity index (χ2n) is 5.22. The first-order valence-electron chi connectivity index (χ1n) is 6.84. The monoisotopic (exact) mass is 271 g/mol. The maximum Gasteiger partial charge on any atom is 0.255 e. The van der Waals surface area contributed by atoms with Gasteiger partial charge in [-0.25, -0.2) is 0 Å². The van der Waals surface area contributed by atoms with Crippen LogP contribution in [0.15, 0.2) is 35.3 Å². The number of carbonyl (C=O) groups excluding carboxylic acids is 1. The van der Waals surface area contributed by atoms with Crippen LogP contribution in [0.2, 0.25) is 0 Å². The molecule has 0 aliphatic carbocycles. The number of aromatic amines is 1. The van der Waals surface area contributed by atoms with Crippen LogP contribution in [0.3, 0.4) is 0 Å². The largest absolute Gasteiger partial charge is 0.329 e. The Morgan fingerprint density at radius 2 is 2.25 bits per heavy atom. The van der Waals surface area contributed by atoms with Crippen LogP contribution >= 0.6 is 0 Å². The van der Waals surface area contributed by atoms with E-state index in [1.165, 1.54) is 0 Å². The number of aromatic nitrogens is 1. The van der Waals surface area contributed by atoms with Crippen LogP contribution in [0.25, 0.3) is 10.8 Å². The Kier molecular flexibility index (Phi) is 3.52. The van der Waals surface area contributed by atoms with Gasteiger partial charge in [0, 0.05) is 23.7 Å². The van der Waals surface area contributed by atoms with E-state index in [9.17, 15) is 9.59 Å². The van der Waals surface area contributed by atoms with E-state index in [-0.39, 0.29) is 11.5 Å². The lowest BCUT2D eigenvalue weighted by atomic mass is 10.0. The van der Waals surface area contributed by atoms with Crippen molar-refractivity contribution in [2.24, 2.45) is 5.92 Å². The average molecular weight is 271 g/mol. The topological polar surface area (TPSA) is 74.0 Å². The highest BCUT2D eigenvalue weighted by molar-refractivity contribution is 5.94. The minimum atomic E-state index is -0.114. The molecule has 2 aromatic rings. The predicted octanol–water partition coefficient (Wildman–Crippen LogP) is 1.47. The standard InChI is InChI=1S/C15H17N3O2/c19-14(7-10-3-5-16-9-10)18-12-1-2-13-11(8-12)4-6-17-15(13)20/h1-2,4,6,8,10,16H,3,5,7,9H2,(H,17,20)(H,18,19)/t10-/m0/s1. The van der Waals surface area contributed by atoms with Crippen LogP contribution in [0.5, 0.6) is 0 Å². The third-order valence-corrected chi connectivity index (χ3v) is 3.69. The van der Waals surface area contributed by atoms with Gasteiger partial charge in [-0.1, -0.05) is 0 Å². The van der Waals surface area contributed by atoms with Gasteiger partial charge in [0.15, 0.2) is 0 Å². The lowest BCUT2D eigenvalue weighted by Crippen LogP contribution is -2.18. The van der Waals surface area contributed by atoms with E-state index in [1.807, 2.05) is 12.1 Å². The quantitative estimate of drug-likeness (QED) is 0.791. The third-order valence-electron chi connectivity index (χ3n) is 3.69. The molecule has 1 aliphatic heterocycles. The maximum absolute atomic E-state index is 12.0. The van der Waals surface area contributed by atoms with Crippen molar-refractivity contribution in [3.8, 4) is 0 Å². The average Bonchev–Trinajstić information content (AvgIpc) is 2.91. The Morgan fingerprint density at radius 3 is 3.05 bits per heavy atom. The highest BCUT2D eigenvalue weighted by Crippen LogP contribution is 2.18. The fourth-order valence-electron chi connectivity index (χ4n) is 2.63. The van der Waals surface area contributed by atoms with Crippen molar-refractivity contribution in [1.82, 2.24) is 10.3 Å². The minimum Gasteiger partial charge on any atom is -0.329 e. The number of hydrogen-bond donors (Lipinski definition) is 3. The van der Waals surface area contributed by atoms with Crippen LogP contribution in [0.4, 0.5) is 5.69 Å². The summed E-state index contributed by atoms with van der Waals surface area (Å²) in [6, 6.07) is 7.16. The van der Waals surface area contributed by atoms with E-state index in [0.29, 0.717) is 17.7 Å². The molecule has 0 bridgehead atoms. The Balaban J connectivity index is 1.74. The van der Waals surface area contributed by atoms with Gasteiger partial charge in [-0.05, 0) is 55.1 Å². The van der Waals surface area contributed by atoms with E-state index in [4.69, 9.17) is 0 Å². The van der Waals surface area contributed by atoms with Crippen molar-refractivity contribution in [1.29, 1.82) is 0 Å². The Hall–Kier alpha value is -2.14. The van der Waals surface area contributed by atoms with Gasteiger partial charge in [-0.15, -0.1) is 0 Å². The summed E-state index contributed by atoms with van der Waals surface area (Å²) >= 11 is 0. The van der Waals surface area contributed by atoms with Crippen LogP contribution in [-0.2, 0) is 4.79 Å². The maximum atomic E-state index is 12.0. The summed E-state index contributed by atoms with van der Waals surface area (Å²) in [5.41, 5.74) is 0.622. The second kappa shape index (κ2) is 5.46. The molecule has 1 amide bonds. The van der Waals surface area contributed by atoms with Crippen molar-refractivity contribution in [3.05, 3.63) is 40.8 Å². The molecule has 2 heterocycles. The molecule has 20 heavy (non-hydrogen) atoms. The number of amides is 1. The van der Waals surface area contributed by atoms with Crippen LogP contribution in [-0.4, -0.2) is 24.0 Å². The molecule has 1 fully saturated rings. The van der Waals surface area contributed by atoms with Crippen molar-refractivity contribution in [2.75, 3.05) is 18.4 Å². The molecule has 0 saturated carbocycles. The molecule has 0 unspecified atom stereocenters. The van der Waals surface area contributed by atoms with Crippen molar-refractivity contribution in [2.45, 2.75) is 12.8 Å². The van der Waals surface area contributed by atoms with Gasteiger partial charge in [-0.2, -0.15) is 0 Å². The van der Waals surface area contributed by atoms with E-state index < -0.39 is 0 Å². The van der Waals surface area contributed by atoms with Gasteiger partial charge in [-0.3, -0.25) is 9.59 Å². The number of fused-ring (bicyclic) bond motifs is 1. The van der Waals surface area contributed by atoms with Crippen LogP contribution in [0, 0.1) is 5.92 Å². The lowest BCUT2D eigenvalue weighted by Gasteiger charge is -2.09. The number of nitrogens with one attached hydrogen (secondary N) is 3. The zero-order chi connectivity index (χ0) is 13.9. The van der Waals surface area contributed by atoms with Gasteiger partial charge >= 0.3 is 0 Å². The van der Waals surface area contributed by atoms with Gasteiger partial charge in [0.25, 0.3) is 5.56 Å². The van der Waals surface area contributed by atoms with Crippen LogP contribution in [0.1, 0.15) is 12.8 Å². The van der Waals surface area contributed by atoms with Crippen molar-refractivity contribution >= 4 is 22.4 Å². The molecule has 1 atom stereocenters. The summed E-state index contributed by atoms with van der Waals surface area (Å²) in [6.07, 6.45) is 3.21. The molecule has 1 aromatic carbocycles. The minimum absolute atomic E-state index is 0.0305. The summed E-state index contributed by atoms with van der Waals surface area (Å²) < 4.78 is 0. The van der Waals surface area contributed by atoms with Crippen LogP contribution < -0.4 is 16.2 Å². The van der Waals surface area contributed by atoms with Gasteiger partial charge < -0.3 is 15.6 Å². The van der Waals surface area contributed by atoms with E-state index in [1.54, 1.807) is 18.3 Å². The molecule has 5 heteroatoms. The smallest absolute Gasteiger partial charge is 0.255 e. The molecule has 0 radical (unpaired) electrons. The molecule has 3 N–H and O–H groups in total. The summed E-state index contributed by atoms with van der Waals surface area (Å²) in [7, 11) is 0. The fourth-order valence-corrected chi connectivity index (χ4v) is 2.63. The zero-order valence-corrected chi connectivity index (χ0v) is 11.1. The predicted molar refractivity (Wildman–Crippen MR) is 78.8 cm³/mol. The highest BCUT2D eigenvalue weighted by Gasteiger charge is 2.18. The first-order valence-corrected chi connectivity index (χ1v) is 6.84.